The molecule has 2 rings (SSSR count). The Labute approximate surface area is 126 Å². The van der Waals surface area contributed by atoms with Gasteiger partial charge in [-0.05, 0) is 31.9 Å². The van der Waals surface area contributed by atoms with E-state index in [1.807, 2.05) is 30.3 Å². The molecule has 0 radical (unpaired) electrons. The molecule has 1 aromatic carbocycles. The van der Waals surface area contributed by atoms with Crippen molar-refractivity contribution < 1.29 is 0 Å². The average Bonchev–Trinajstić information content (AvgIpc) is 2.88. The predicted octanol–water partition coefficient (Wildman–Crippen LogP) is 2.93. The molecule has 21 heavy (non-hydrogen) atoms. The minimum absolute atomic E-state index is 0.0793. The fraction of sp³-hybridized carbons (Fsp3) is 0.562. The van der Waals surface area contributed by atoms with Gasteiger partial charge in [-0.15, -0.1) is 10.2 Å². The molecule has 1 N–H and O–H groups in total. The highest BCUT2D eigenvalue weighted by atomic mass is 15.6. The Hall–Kier alpha value is -1.75. The van der Waals surface area contributed by atoms with Crippen molar-refractivity contribution in [2.45, 2.75) is 46.2 Å². The molecule has 0 aliphatic rings. The van der Waals surface area contributed by atoms with Crippen LogP contribution in [0.3, 0.4) is 0 Å². The molecule has 5 heteroatoms. The Balaban J connectivity index is 2.16. The van der Waals surface area contributed by atoms with E-state index in [1.165, 1.54) is 0 Å². The number of hydrogen-bond acceptors (Lipinski definition) is 4. The summed E-state index contributed by atoms with van der Waals surface area (Å²) in [6, 6.07) is 10.1. The molecule has 0 aliphatic carbocycles. The van der Waals surface area contributed by atoms with Gasteiger partial charge in [-0.25, -0.2) is 0 Å². The lowest BCUT2D eigenvalue weighted by Crippen LogP contribution is -2.41. The second-order valence-corrected chi connectivity index (χ2v) is 6.74. The van der Waals surface area contributed by atoms with Gasteiger partial charge in [-0.2, -0.15) is 4.80 Å². The molecule has 1 aromatic heterocycles. The van der Waals surface area contributed by atoms with E-state index >= 15 is 0 Å². The molecular weight excluding hydrogens is 262 g/mol. The molecule has 0 saturated heterocycles. The summed E-state index contributed by atoms with van der Waals surface area (Å²) in [5, 5.41) is 16.5. The first-order chi connectivity index (χ1) is 9.87. The maximum Gasteiger partial charge on any atom is 0.204 e. The summed E-state index contributed by atoms with van der Waals surface area (Å²) in [6.45, 7) is 11.7. The zero-order chi connectivity index (χ0) is 15.5. The maximum atomic E-state index is 4.56. The lowest BCUT2D eigenvalue weighted by atomic mass is 10.0. The van der Waals surface area contributed by atoms with E-state index in [1.54, 1.807) is 4.80 Å². The standard InChI is InChI=1S/C16H25N5/c1-12(2)14(11-17-16(3,4)5)21-19-15(18-20-21)13-9-7-6-8-10-13/h6-10,12,14,17H,11H2,1-5H3. The predicted molar refractivity (Wildman–Crippen MR) is 84.9 cm³/mol. The molecule has 0 aliphatic heterocycles. The van der Waals surface area contributed by atoms with Gasteiger partial charge in [0, 0.05) is 17.6 Å². The van der Waals surface area contributed by atoms with Gasteiger partial charge in [0.05, 0.1) is 6.04 Å². The van der Waals surface area contributed by atoms with Crippen LogP contribution in [0, 0.1) is 5.92 Å². The quantitative estimate of drug-likeness (QED) is 0.918. The summed E-state index contributed by atoms with van der Waals surface area (Å²) in [4.78, 5) is 1.74. The van der Waals surface area contributed by atoms with Crippen LogP contribution in [0.25, 0.3) is 11.4 Å². The van der Waals surface area contributed by atoms with Gasteiger partial charge in [0.25, 0.3) is 0 Å². The number of aromatic nitrogens is 4. The van der Waals surface area contributed by atoms with Gasteiger partial charge < -0.3 is 5.32 Å². The Morgan fingerprint density at radius 1 is 1.14 bits per heavy atom. The van der Waals surface area contributed by atoms with Crippen LogP contribution in [0.1, 0.15) is 40.7 Å². The van der Waals surface area contributed by atoms with Gasteiger partial charge in [0.15, 0.2) is 0 Å². The number of tetrazole rings is 1. The summed E-state index contributed by atoms with van der Waals surface area (Å²) in [6.07, 6.45) is 0. The Morgan fingerprint density at radius 3 is 2.38 bits per heavy atom. The lowest BCUT2D eigenvalue weighted by molar-refractivity contribution is 0.269. The molecule has 1 atom stereocenters. The van der Waals surface area contributed by atoms with Gasteiger partial charge >= 0.3 is 0 Å². The van der Waals surface area contributed by atoms with Crippen LogP contribution in [0.4, 0.5) is 0 Å². The molecule has 1 heterocycles. The maximum absolute atomic E-state index is 4.56. The minimum atomic E-state index is 0.0793. The largest absolute Gasteiger partial charge is 0.310 e. The van der Waals surface area contributed by atoms with E-state index in [0.717, 1.165) is 12.1 Å². The Bertz CT molecular complexity index is 554. The second kappa shape index (κ2) is 6.35. The number of nitrogens with one attached hydrogen (secondary N) is 1. The molecule has 5 nitrogen and oxygen atoms in total. The van der Waals surface area contributed by atoms with Gasteiger partial charge in [-0.1, -0.05) is 44.2 Å². The third-order valence-electron chi connectivity index (χ3n) is 3.37. The minimum Gasteiger partial charge on any atom is -0.310 e. The monoisotopic (exact) mass is 287 g/mol. The van der Waals surface area contributed by atoms with Crippen LogP contribution in [0.5, 0.6) is 0 Å². The molecular formula is C16H25N5. The van der Waals surface area contributed by atoms with E-state index in [-0.39, 0.29) is 11.6 Å². The van der Waals surface area contributed by atoms with Crippen molar-refractivity contribution in [1.82, 2.24) is 25.5 Å². The summed E-state index contributed by atoms with van der Waals surface area (Å²) in [5.74, 6) is 1.11. The lowest BCUT2D eigenvalue weighted by Gasteiger charge is -2.26. The number of benzene rings is 1. The SMILES string of the molecule is CC(C)C(CNC(C)(C)C)n1nnc(-c2ccccc2)n1. The van der Waals surface area contributed by atoms with Crippen molar-refractivity contribution in [2.75, 3.05) is 6.54 Å². The van der Waals surface area contributed by atoms with Crippen molar-refractivity contribution >= 4 is 0 Å². The first-order valence-corrected chi connectivity index (χ1v) is 7.47. The van der Waals surface area contributed by atoms with E-state index in [0.29, 0.717) is 11.7 Å². The molecule has 1 unspecified atom stereocenters. The normalized spacial score (nSPS) is 13.6. The zero-order valence-corrected chi connectivity index (χ0v) is 13.5. The second-order valence-electron chi connectivity index (χ2n) is 6.74. The first kappa shape index (κ1) is 15.6. The van der Waals surface area contributed by atoms with E-state index in [4.69, 9.17) is 0 Å². The highest BCUT2D eigenvalue weighted by Crippen LogP contribution is 2.18. The van der Waals surface area contributed by atoms with Crippen molar-refractivity contribution in [2.24, 2.45) is 5.92 Å². The summed E-state index contributed by atoms with van der Waals surface area (Å²) >= 11 is 0. The molecule has 0 saturated carbocycles. The first-order valence-electron chi connectivity index (χ1n) is 7.47. The van der Waals surface area contributed by atoms with Crippen molar-refractivity contribution in [1.29, 1.82) is 0 Å². The summed E-state index contributed by atoms with van der Waals surface area (Å²) < 4.78 is 0. The summed E-state index contributed by atoms with van der Waals surface area (Å²) in [5.41, 5.74) is 1.07. The average molecular weight is 287 g/mol. The topological polar surface area (TPSA) is 55.6 Å². The van der Waals surface area contributed by atoms with Gasteiger partial charge in [-0.3, -0.25) is 0 Å². The van der Waals surface area contributed by atoms with Gasteiger partial charge in [0.2, 0.25) is 5.82 Å². The fourth-order valence-electron chi connectivity index (χ4n) is 2.06. The molecule has 0 amide bonds. The smallest absolute Gasteiger partial charge is 0.204 e. The molecule has 0 bridgehead atoms. The van der Waals surface area contributed by atoms with Crippen molar-refractivity contribution in [3.8, 4) is 11.4 Å². The number of nitrogens with zero attached hydrogens (tertiary/aromatic N) is 4. The molecule has 0 spiro atoms. The highest BCUT2D eigenvalue weighted by molar-refractivity contribution is 5.52. The zero-order valence-electron chi connectivity index (χ0n) is 13.5. The third-order valence-corrected chi connectivity index (χ3v) is 3.37. The van der Waals surface area contributed by atoms with Crippen LogP contribution >= 0.6 is 0 Å². The van der Waals surface area contributed by atoms with E-state index < -0.39 is 0 Å². The van der Waals surface area contributed by atoms with Crippen LogP contribution < -0.4 is 5.32 Å². The van der Waals surface area contributed by atoms with Gasteiger partial charge in [0.1, 0.15) is 0 Å². The molecule has 0 fully saturated rings. The Kier molecular flexibility index (Phi) is 4.73. The van der Waals surface area contributed by atoms with Crippen molar-refractivity contribution in [3.05, 3.63) is 30.3 Å². The van der Waals surface area contributed by atoms with Crippen LogP contribution in [-0.2, 0) is 0 Å². The Morgan fingerprint density at radius 2 is 1.81 bits per heavy atom. The van der Waals surface area contributed by atoms with E-state index in [2.05, 4.69) is 55.3 Å². The highest BCUT2D eigenvalue weighted by Gasteiger charge is 2.21. The van der Waals surface area contributed by atoms with Crippen LogP contribution in [0.2, 0.25) is 0 Å². The fourth-order valence-corrected chi connectivity index (χ4v) is 2.06. The number of hydrogen-bond donors (Lipinski definition) is 1. The van der Waals surface area contributed by atoms with E-state index in [9.17, 15) is 0 Å². The van der Waals surface area contributed by atoms with Crippen LogP contribution in [0.15, 0.2) is 30.3 Å². The third kappa shape index (κ3) is 4.36. The molecule has 2 aromatic rings. The van der Waals surface area contributed by atoms with Crippen LogP contribution in [-0.4, -0.2) is 32.3 Å². The van der Waals surface area contributed by atoms with Crippen molar-refractivity contribution in [3.63, 3.8) is 0 Å². The molecule has 114 valence electrons. The summed E-state index contributed by atoms with van der Waals surface area (Å²) in [7, 11) is 0. The number of rotatable bonds is 5.